The van der Waals surface area contributed by atoms with Crippen LogP contribution in [0, 0.1) is 6.92 Å². The third-order valence-corrected chi connectivity index (χ3v) is 4.54. The first-order valence-corrected chi connectivity index (χ1v) is 7.64. The maximum Gasteiger partial charge on any atom is 0.0406 e. The zero-order valence-corrected chi connectivity index (χ0v) is 12.5. The molecule has 2 atom stereocenters. The van der Waals surface area contributed by atoms with E-state index in [4.69, 9.17) is 11.6 Å². The van der Waals surface area contributed by atoms with Crippen molar-refractivity contribution < 1.29 is 0 Å². The Morgan fingerprint density at radius 3 is 2.20 bits per heavy atom. The summed E-state index contributed by atoms with van der Waals surface area (Å²) in [5, 5.41) is 4.34. The Kier molecular flexibility index (Phi) is 4.09. The van der Waals surface area contributed by atoms with Crippen molar-refractivity contribution in [2.45, 2.75) is 25.2 Å². The quantitative estimate of drug-likeness (QED) is 0.856. The van der Waals surface area contributed by atoms with Gasteiger partial charge in [-0.3, -0.25) is 0 Å². The number of nitrogens with one attached hydrogen (secondary N) is 1. The summed E-state index contributed by atoms with van der Waals surface area (Å²) >= 11 is 6.01. The minimum absolute atomic E-state index is 0.531. The highest BCUT2D eigenvalue weighted by Gasteiger charge is 2.27. The zero-order chi connectivity index (χ0) is 13.9. The minimum Gasteiger partial charge on any atom is -0.316 e. The maximum atomic E-state index is 6.01. The summed E-state index contributed by atoms with van der Waals surface area (Å²) in [7, 11) is 0. The van der Waals surface area contributed by atoms with E-state index in [1.54, 1.807) is 0 Å². The van der Waals surface area contributed by atoms with Crippen molar-refractivity contribution in [2.24, 2.45) is 0 Å². The molecule has 1 saturated heterocycles. The number of rotatable bonds is 2. The van der Waals surface area contributed by atoms with E-state index in [2.05, 4.69) is 48.6 Å². The van der Waals surface area contributed by atoms with Gasteiger partial charge in [0.2, 0.25) is 0 Å². The van der Waals surface area contributed by atoms with E-state index in [1.165, 1.54) is 23.1 Å². The number of piperidine rings is 1. The normalized spacial score (nSPS) is 22.7. The molecular formula is C18H20ClN. The van der Waals surface area contributed by atoms with Gasteiger partial charge in [-0.25, -0.2) is 0 Å². The van der Waals surface area contributed by atoms with Crippen molar-refractivity contribution in [3.63, 3.8) is 0 Å². The highest BCUT2D eigenvalue weighted by atomic mass is 35.5. The van der Waals surface area contributed by atoms with Crippen LogP contribution in [0.5, 0.6) is 0 Å². The molecule has 2 aromatic carbocycles. The van der Waals surface area contributed by atoms with Gasteiger partial charge in [-0.15, -0.1) is 0 Å². The second-order valence-electron chi connectivity index (χ2n) is 5.67. The largest absolute Gasteiger partial charge is 0.316 e. The maximum absolute atomic E-state index is 6.01. The molecule has 2 aromatic rings. The van der Waals surface area contributed by atoms with Gasteiger partial charge in [0.25, 0.3) is 0 Å². The number of hydrogen-bond donors (Lipinski definition) is 1. The molecule has 0 amide bonds. The smallest absolute Gasteiger partial charge is 0.0406 e. The number of aryl methyl sites for hydroxylation is 1. The third-order valence-electron chi connectivity index (χ3n) is 4.29. The van der Waals surface area contributed by atoms with Gasteiger partial charge in [0.1, 0.15) is 0 Å². The molecule has 0 bridgehead atoms. The van der Waals surface area contributed by atoms with Gasteiger partial charge >= 0.3 is 0 Å². The van der Waals surface area contributed by atoms with Gasteiger partial charge in [-0.2, -0.15) is 0 Å². The van der Waals surface area contributed by atoms with E-state index >= 15 is 0 Å². The summed E-state index contributed by atoms with van der Waals surface area (Å²) in [5.74, 6) is 1.13. The summed E-state index contributed by atoms with van der Waals surface area (Å²) in [6.07, 6.45) is 1.19. The molecule has 0 radical (unpaired) electrons. The van der Waals surface area contributed by atoms with E-state index < -0.39 is 0 Å². The zero-order valence-electron chi connectivity index (χ0n) is 11.8. The fraction of sp³-hybridized carbons (Fsp3) is 0.333. The van der Waals surface area contributed by atoms with E-state index in [0.717, 1.165) is 18.1 Å². The molecule has 0 spiro atoms. The van der Waals surface area contributed by atoms with Gasteiger partial charge in [0.05, 0.1) is 0 Å². The van der Waals surface area contributed by atoms with Crippen LogP contribution in [-0.2, 0) is 0 Å². The number of benzene rings is 2. The van der Waals surface area contributed by atoms with Crippen LogP contribution in [0.1, 0.15) is 34.9 Å². The molecule has 104 valence electrons. The molecule has 0 aliphatic carbocycles. The summed E-state index contributed by atoms with van der Waals surface area (Å²) in [6.45, 7) is 4.28. The number of halogens is 1. The fourth-order valence-electron chi connectivity index (χ4n) is 3.13. The van der Waals surface area contributed by atoms with Gasteiger partial charge in [-0.05, 0) is 49.1 Å². The lowest BCUT2D eigenvalue weighted by Gasteiger charge is -2.33. The van der Waals surface area contributed by atoms with Crippen LogP contribution < -0.4 is 5.32 Å². The molecule has 20 heavy (non-hydrogen) atoms. The molecule has 1 fully saturated rings. The standard InChI is InChI=1S/C18H20ClN/c1-13-2-4-14(5-3-13)17-10-11-20-12-18(17)15-6-8-16(19)9-7-15/h2-9,17-18,20H,10-12H2,1H3. The molecule has 2 unspecified atom stereocenters. The molecule has 1 heterocycles. The average molecular weight is 286 g/mol. The summed E-state index contributed by atoms with van der Waals surface area (Å²) in [6, 6.07) is 17.3. The molecule has 1 aliphatic rings. The fourth-order valence-corrected chi connectivity index (χ4v) is 3.26. The van der Waals surface area contributed by atoms with Crippen molar-refractivity contribution in [3.05, 3.63) is 70.2 Å². The SMILES string of the molecule is Cc1ccc(C2CCNCC2c2ccc(Cl)cc2)cc1. The van der Waals surface area contributed by atoms with Gasteiger partial charge in [0, 0.05) is 17.5 Å². The Hall–Kier alpha value is -1.31. The van der Waals surface area contributed by atoms with Crippen molar-refractivity contribution >= 4 is 11.6 Å². The van der Waals surface area contributed by atoms with E-state index in [9.17, 15) is 0 Å². The van der Waals surface area contributed by atoms with E-state index in [-0.39, 0.29) is 0 Å². The number of hydrogen-bond acceptors (Lipinski definition) is 1. The third kappa shape index (κ3) is 2.89. The Bertz CT molecular complexity index is 505. The lowest BCUT2D eigenvalue weighted by molar-refractivity contribution is 0.404. The molecule has 1 nitrogen and oxygen atoms in total. The lowest BCUT2D eigenvalue weighted by atomic mass is 9.77. The first-order valence-electron chi connectivity index (χ1n) is 7.27. The van der Waals surface area contributed by atoms with Crippen LogP contribution in [0.4, 0.5) is 0 Å². The highest BCUT2D eigenvalue weighted by Crippen LogP contribution is 2.37. The molecule has 1 N–H and O–H groups in total. The predicted molar refractivity (Wildman–Crippen MR) is 85.6 cm³/mol. The van der Waals surface area contributed by atoms with Crippen LogP contribution in [0.2, 0.25) is 5.02 Å². The predicted octanol–water partition coefficient (Wildman–Crippen LogP) is 4.51. The van der Waals surface area contributed by atoms with E-state index in [0.29, 0.717) is 11.8 Å². The van der Waals surface area contributed by atoms with E-state index in [1.807, 2.05) is 12.1 Å². The van der Waals surface area contributed by atoms with Gasteiger partial charge < -0.3 is 5.32 Å². The van der Waals surface area contributed by atoms with Gasteiger partial charge in [-0.1, -0.05) is 53.6 Å². The summed E-state index contributed by atoms with van der Waals surface area (Å²) in [5.41, 5.74) is 4.16. The Balaban J connectivity index is 1.90. The van der Waals surface area contributed by atoms with Crippen LogP contribution in [0.25, 0.3) is 0 Å². The molecule has 2 heteroatoms. The highest BCUT2D eigenvalue weighted by molar-refractivity contribution is 6.30. The average Bonchev–Trinajstić information content (AvgIpc) is 2.49. The topological polar surface area (TPSA) is 12.0 Å². The molecular weight excluding hydrogens is 266 g/mol. The molecule has 0 aromatic heterocycles. The molecule has 0 saturated carbocycles. The van der Waals surface area contributed by atoms with Gasteiger partial charge in [0.15, 0.2) is 0 Å². The Morgan fingerprint density at radius 1 is 0.900 bits per heavy atom. The molecule has 1 aliphatic heterocycles. The second kappa shape index (κ2) is 5.99. The van der Waals surface area contributed by atoms with Crippen molar-refractivity contribution in [3.8, 4) is 0 Å². The van der Waals surface area contributed by atoms with Crippen molar-refractivity contribution in [1.82, 2.24) is 5.32 Å². The Morgan fingerprint density at radius 2 is 1.50 bits per heavy atom. The van der Waals surface area contributed by atoms with Crippen LogP contribution in [0.3, 0.4) is 0 Å². The van der Waals surface area contributed by atoms with Crippen LogP contribution in [0.15, 0.2) is 48.5 Å². The van der Waals surface area contributed by atoms with Crippen molar-refractivity contribution in [1.29, 1.82) is 0 Å². The first kappa shape index (κ1) is 13.7. The second-order valence-corrected chi connectivity index (χ2v) is 6.10. The summed E-state index contributed by atoms with van der Waals surface area (Å²) < 4.78 is 0. The minimum atomic E-state index is 0.531. The first-order chi connectivity index (χ1) is 9.74. The van der Waals surface area contributed by atoms with Crippen molar-refractivity contribution in [2.75, 3.05) is 13.1 Å². The lowest BCUT2D eigenvalue weighted by Crippen LogP contribution is -2.34. The van der Waals surface area contributed by atoms with Crippen LogP contribution >= 0.6 is 11.6 Å². The van der Waals surface area contributed by atoms with Crippen LogP contribution in [-0.4, -0.2) is 13.1 Å². The molecule has 3 rings (SSSR count). The summed E-state index contributed by atoms with van der Waals surface area (Å²) in [4.78, 5) is 0. The Labute approximate surface area is 126 Å². The monoisotopic (exact) mass is 285 g/mol.